The van der Waals surface area contributed by atoms with Gasteiger partial charge in [-0.2, -0.15) is 0 Å². The lowest BCUT2D eigenvalue weighted by Crippen LogP contribution is -2.54. The van der Waals surface area contributed by atoms with Crippen LogP contribution in [-0.4, -0.2) is 92.7 Å². The first-order chi connectivity index (χ1) is 11.6. The Labute approximate surface area is 145 Å². The topological polar surface area (TPSA) is 65.1 Å². The maximum absolute atomic E-state index is 12.5. The number of rotatable bonds is 6. The lowest BCUT2D eigenvalue weighted by Gasteiger charge is -2.36. The SMILES string of the molecule is COCCNC(=O)N1CCN(CC(=O)N(C)C2CCCCC2)CC1. The molecule has 2 rings (SSSR count). The lowest BCUT2D eigenvalue weighted by atomic mass is 9.94. The van der Waals surface area contributed by atoms with E-state index in [0.717, 1.165) is 25.9 Å². The molecule has 0 aromatic rings. The fraction of sp³-hybridized carbons (Fsp3) is 0.882. The predicted molar refractivity (Wildman–Crippen MR) is 92.9 cm³/mol. The van der Waals surface area contributed by atoms with Crippen LogP contribution in [0.15, 0.2) is 0 Å². The van der Waals surface area contributed by atoms with E-state index >= 15 is 0 Å². The molecule has 24 heavy (non-hydrogen) atoms. The van der Waals surface area contributed by atoms with Crippen molar-refractivity contribution in [3.8, 4) is 0 Å². The van der Waals surface area contributed by atoms with Crippen LogP contribution in [0.4, 0.5) is 4.79 Å². The third-order valence-corrected chi connectivity index (χ3v) is 5.12. The van der Waals surface area contributed by atoms with Crippen LogP contribution in [0.1, 0.15) is 32.1 Å². The molecule has 1 saturated carbocycles. The average molecular weight is 340 g/mol. The Hall–Kier alpha value is -1.34. The van der Waals surface area contributed by atoms with Gasteiger partial charge in [-0.15, -0.1) is 0 Å². The Kier molecular flexibility index (Phi) is 7.78. The van der Waals surface area contributed by atoms with E-state index in [9.17, 15) is 9.59 Å². The van der Waals surface area contributed by atoms with Crippen LogP contribution in [-0.2, 0) is 9.53 Å². The van der Waals surface area contributed by atoms with Gasteiger partial charge in [0.2, 0.25) is 5.91 Å². The highest BCUT2D eigenvalue weighted by atomic mass is 16.5. The van der Waals surface area contributed by atoms with Gasteiger partial charge >= 0.3 is 6.03 Å². The van der Waals surface area contributed by atoms with Crippen molar-refractivity contribution in [1.82, 2.24) is 20.0 Å². The molecule has 2 aliphatic rings. The zero-order chi connectivity index (χ0) is 17.4. The van der Waals surface area contributed by atoms with Crippen molar-refractivity contribution in [1.29, 1.82) is 0 Å². The van der Waals surface area contributed by atoms with Gasteiger partial charge in [0, 0.05) is 52.9 Å². The van der Waals surface area contributed by atoms with E-state index in [4.69, 9.17) is 4.74 Å². The summed E-state index contributed by atoms with van der Waals surface area (Å²) >= 11 is 0. The van der Waals surface area contributed by atoms with Crippen molar-refractivity contribution in [3.05, 3.63) is 0 Å². The van der Waals surface area contributed by atoms with E-state index in [1.807, 2.05) is 16.8 Å². The molecule has 1 saturated heterocycles. The maximum atomic E-state index is 12.5. The van der Waals surface area contributed by atoms with Gasteiger partial charge in [-0.1, -0.05) is 19.3 Å². The molecule has 0 aromatic heterocycles. The monoisotopic (exact) mass is 340 g/mol. The smallest absolute Gasteiger partial charge is 0.317 e. The number of hydrogen-bond acceptors (Lipinski definition) is 4. The number of carbonyl (C=O) groups is 2. The molecule has 0 aromatic carbocycles. The van der Waals surface area contributed by atoms with Crippen molar-refractivity contribution in [2.75, 3.05) is 60.0 Å². The number of likely N-dealkylation sites (N-methyl/N-ethyl adjacent to an activating group) is 1. The summed E-state index contributed by atoms with van der Waals surface area (Å²) in [7, 11) is 3.56. The first kappa shape index (κ1) is 19.0. The molecular weight excluding hydrogens is 308 g/mol. The number of carbonyl (C=O) groups excluding carboxylic acids is 2. The van der Waals surface area contributed by atoms with Gasteiger partial charge in [0.25, 0.3) is 0 Å². The molecule has 3 amide bonds. The Balaban J connectivity index is 1.68. The van der Waals surface area contributed by atoms with Crippen molar-refractivity contribution in [2.24, 2.45) is 0 Å². The molecule has 7 nitrogen and oxygen atoms in total. The third kappa shape index (κ3) is 5.63. The Morgan fingerprint density at radius 1 is 1.12 bits per heavy atom. The van der Waals surface area contributed by atoms with E-state index in [1.54, 1.807) is 7.11 Å². The molecule has 1 N–H and O–H groups in total. The average Bonchev–Trinajstić information content (AvgIpc) is 2.62. The van der Waals surface area contributed by atoms with E-state index < -0.39 is 0 Å². The van der Waals surface area contributed by atoms with Gasteiger partial charge in [0.1, 0.15) is 0 Å². The standard InChI is InChI=1S/C17H32N4O3/c1-19(15-6-4-3-5-7-15)16(22)14-20-9-11-21(12-10-20)17(23)18-8-13-24-2/h15H,3-14H2,1-2H3,(H,18,23). The summed E-state index contributed by atoms with van der Waals surface area (Å²) in [6, 6.07) is 0.372. The summed E-state index contributed by atoms with van der Waals surface area (Å²) < 4.78 is 4.93. The molecule has 0 spiro atoms. The number of amides is 3. The molecule has 0 unspecified atom stereocenters. The molecule has 1 aliphatic heterocycles. The van der Waals surface area contributed by atoms with Crippen molar-refractivity contribution >= 4 is 11.9 Å². The molecule has 0 radical (unpaired) electrons. The van der Waals surface area contributed by atoms with E-state index in [2.05, 4.69) is 10.2 Å². The normalized spacial score (nSPS) is 20.0. The predicted octanol–water partition coefficient (Wildman–Crippen LogP) is 0.751. The van der Waals surface area contributed by atoms with Gasteiger partial charge in [-0.05, 0) is 12.8 Å². The molecule has 7 heteroatoms. The minimum atomic E-state index is -0.0441. The van der Waals surface area contributed by atoms with E-state index in [1.165, 1.54) is 19.3 Å². The lowest BCUT2D eigenvalue weighted by molar-refractivity contribution is -0.134. The number of nitrogens with one attached hydrogen (secondary N) is 1. The number of nitrogens with zero attached hydrogens (tertiary/aromatic N) is 3. The largest absolute Gasteiger partial charge is 0.383 e. The second kappa shape index (κ2) is 9.84. The zero-order valence-electron chi connectivity index (χ0n) is 15.1. The highest BCUT2D eigenvalue weighted by Crippen LogP contribution is 2.21. The van der Waals surface area contributed by atoms with Crippen LogP contribution >= 0.6 is 0 Å². The fourth-order valence-corrected chi connectivity index (χ4v) is 3.46. The highest BCUT2D eigenvalue weighted by molar-refractivity contribution is 5.78. The molecule has 2 fully saturated rings. The summed E-state index contributed by atoms with van der Waals surface area (Å²) in [5, 5.41) is 2.84. The Morgan fingerprint density at radius 2 is 1.79 bits per heavy atom. The van der Waals surface area contributed by atoms with Gasteiger partial charge in [0.05, 0.1) is 13.2 Å². The van der Waals surface area contributed by atoms with Gasteiger partial charge in [-0.25, -0.2) is 4.79 Å². The van der Waals surface area contributed by atoms with Crippen LogP contribution in [0, 0.1) is 0 Å². The first-order valence-corrected chi connectivity index (χ1v) is 9.11. The minimum Gasteiger partial charge on any atom is -0.383 e. The van der Waals surface area contributed by atoms with Crippen LogP contribution in [0.25, 0.3) is 0 Å². The van der Waals surface area contributed by atoms with Crippen LogP contribution in [0.3, 0.4) is 0 Å². The summed E-state index contributed by atoms with van der Waals surface area (Å²) in [6.07, 6.45) is 6.04. The first-order valence-electron chi connectivity index (χ1n) is 9.11. The molecule has 1 heterocycles. The quantitative estimate of drug-likeness (QED) is 0.725. The Bertz CT molecular complexity index is 405. The number of hydrogen-bond donors (Lipinski definition) is 1. The molecule has 0 bridgehead atoms. The van der Waals surface area contributed by atoms with Gasteiger partial charge < -0.3 is 19.9 Å². The number of ether oxygens (including phenoxy) is 1. The summed E-state index contributed by atoms with van der Waals surface area (Å²) in [6.45, 7) is 4.35. The van der Waals surface area contributed by atoms with Crippen LogP contribution < -0.4 is 5.32 Å². The molecule has 0 atom stereocenters. The second-order valence-electron chi connectivity index (χ2n) is 6.78. The fourth-order valence-electron chi connectivity index (χ4n) is 3.46. The molecule has 138 valence electrons. The van der Waals surface area contributed by atoms with E-state index in [0.29, 0.717) is 38.8 Å². The van der Waals surface area contributed by atoms with Crippen LogP contribution in [0.2, 0.25) is 0 Å². The third-order valence-electron chi connectivity index (χ3n) is 5.12. The van der Waals surface area contributed by atoms with Crippen LogP contribution in [0.5, 0.6) is 0 Å². The molecular formula is C17H32N4O3. The number of urea groups is 1. The Morgan fingerprint density at radius 3 is 2.42 bits per heavy atom. The van der Waals surface area contributed by atoms with Gasteiger partial charge in [0.15, 0.2) is 0 Å². The summed E-state index contributed by atoms with van der Waals surface area (Å²) in [5.41, 5.74) is 0. The van der Waals surface area contributed by atoms with Crippen molar-refractivity contribution < 1.29 is 14.3 Å². The summed E-state index contributed by atoms with van der Waals surface area (Å²) in [5.74, 6) is 0.208. The number of piperazine rings is 1. The number of methoxy groups -OCH3 is 1. The van der Waals surface area contributed by atoms with Gasteiger partial charge in [-0.3, -0.25) is 9.69 Å². The van der Waals surface area contributed by atoms with E-state index in [-0.39, 0.29) is 11.9 Å². The van der Waals surface area contributed by atoms with Crippen molar-refractivity contribution in [3.63, 3.8) is 0 Å². The zero-order valence-corrected chi connectivity index (χ0v) is 15.1. The van der Waals surface area contributed by atoms with Crippen molar-refractivity contribution in [2.45, 2.75) is 38.1 Å². The maximum Gasteiger partial charge on any atom is 0.317 e. The second-order valence-corrected chi connectivity index (χ2v) is 6.78. The highest BCUT2D eigenvalue weighted by Gasteiger charge is 2.26. The summed E-state index contributed by atoms with van der Waals surface area (Å²) in [4.78, 5) is 30.4. The minimum absolute atomic E-state index is 0.0441. The molecule has 1 aliphatic carbocycles.